The van der Waals surface area contributed by atoms with Gasteiger partial charge in [0.1, 0.15) is 28.6 Å². The third-order valence-electron chi connectivity index (χ3n) is 11.3. The minimum absolute atomic E-state index is 0. The van der Waals surface area contributed by atoms with E-state index in [2.05, 4.69) is 30.8 Å². The van der Waals surface area contributed by atoms with E-state index in [0.29, 0.717) is 57.6 Å². The average Bonchev–Trinajstić information content (AvgIpc) is 3.38. The SMILES string of the molecule is CCOc1cccc(N=C([O-])c2cc3ccccc3c(N=Nc3ccc(S(=O)(=O)O)c(CC)c3Cl)c2[O-])c1.CCOc1cccc(NC(=O)c2cc3ccccc3c(N=Nc3ccc(S(=O)(=O)O)c(CC)c3Cl)c2O)c1.[Ca+2]. The number of carbonyl (C=O) groups excluding carboxylic acids is 1. The number of phenolic OH excluding ortho intramolecular Hbond substituents is 1. The number of rotatable bonds is 16. The molecule has 8 aromatic rings. The number of amides is 1. The van der Waals surface area contributed by atoms with Crippen molar-refractivity contribution in [2.24, 2.45) is 25.4 Å². The van der Waals surface area contributed by atoms with Crippen molar-refractivity contribution in [2.45, 2.75) is 50.3 Å². The topological polar surface area (TPSA) is 284 Å². The van der Waals surface area contributed by atoms with Crippen molar-refractivity contribution in [3.8, 4) is 23.0 Å². The molecule has 0 heterocycles. The molecule has 0 spiro atoms. The molecule has 0 aliphatic heterocycles. The van der Waals surface area contributed by atoms with Gasteiger partial charge in [0.2, 0.25) is 0 Å². The van der Waals surface area contributed by atoms with Crippen LogP contribution < -0.4 is 25.0 Å². The van der Waals surface area contributed by atoms with E-state index >= 15 is 0 Å². The van der Waals surface area contributed by atoms with Crippen LogP contribution in [0, 0.1) is 0 Å². The fraction of sp³-hybridized carbons (Fsp3) is 0.148. The van der Waals surface area contributed by atoms with Gasteiger partial charge in [0.15, 0.2) is 5.75 Å². The average molecular weight is 1150 g/mol. The van der Waals surface area contributed by atoms with E-state index in [4.69, 9.17) is 32.7 Å². The van der Waals surface area contributed by atoms with Crippen LogP contribution in [0.1, 0.15) is 54.7 Å². The third-order valence-corrected chi connectivity index (χ3v) is 14.1. The van der Waals surface area contributed by atoms with Crippen LogP contribution in [0.4, 0.5) is 34.1 Å². The van der Waals surface area contributed by atoms with Gasteiger partial charge in [-0.1, -0.05) is 103 Å². The second kappa shape index (κ2) is 26.1. The van der Waals surface area contributed by atoms with E-state index in [9.17, 15) is 46.1 Å². The van der Waals surface area contributed by atoms with Gasteiger partial charge in [-0.3, -0.25) is 18.9 Å². The molecule has 0 aliphatic rings. The molecule has 23 heteroatoms. The quantitative estimate of drug-likeness (QED) is 0.0231. The molecule has 4 N–H and O–H groups in total. The van der Waals surface area contributed by atoms with E-state index in [-0.39, 0.29) is 115 Å². The van der Waals surface area contributed by atoms with Crippen molar-refractivity contribution >= 4 is 149 Å². The van der Waals surface area contributed by atoms with Gasteiger partial charge in [0, 0.05) is 28.6 Å². The maximum Gasteiger partial charge on any atom is 2.00 e. The fourth-order valence-corrected chi connectivity index (χ4v) is 10.2. The predicted octanol–water partition coefficient (Wildman–Crippen LogP) is 12.3. The Morgan fingerprint density at radius 3 is 1.61 bits per heavy atom. The zero-order chi connectivity index (χ0) is 54.9. The van der Waals surface area contributed by atoms with Crippen LogP contribution >= 0.6 is 23.2 Å². The summed E-state index contributed by atoms with van der Waals surface area (Å²) >= 11 is 12.8. The number of aromatic hydroxyl groups is 1. The maximum atomic E-state index is 13.4. The van der Waals surface area contributed by atoms with Crippen LogP contribution in [0.15, 0.2) is 169 Å². The molecule has 0 radical (unpaired) electrons. The van der Waals surface area contributed by atoms with Gasteiger partial charge in [0.05, 0.1) is 50.0 Å². The van der Waals surface area contributed by atoms with Crippen molar-refractivity contribution in [3.63, 3.8) is 0 Å². The zero-order valence-electron chi connectivity index (χ0n) is 41.6. The Kier molecular flexibility index (Phi) is 20.2. The molecule has 0 saturated heterocycles. The summed E-state index contributed by atoms with van der Waals surface area (Å²) in [5.74, 6) is -1.27. The molecule has 0 saturated carbocycles. The van der Waals surface area contributed by atoms with Gasteiger partial charge in [-0.2, -0.15) is 21.9 Å². The van der Waals surface area contributed by atoms with Gasteiger partial charge in [-0.15, -0.1) is 15.3 Å². The summed E-state index contributed by atoms with van der Waals surface area (Å²) in [6.45, 7) is 7.96. The number of carbonyl (C=O) groups is 1. The summed E-state index contributed by atoms with van der Waals surface area (Å²) in [4.78, 5) is 16.6. The molecular formula is C54H46CaCl2N6O12S2. The standard InChI is InChI=1S/2C27H24ClN3O6S.Ca/c2*1-3-19-23(38(34,35)36)13-12-22(24(19)28)30-31-25-20-11-6-5-8-16(20)14-21(26(25)32)27(33)29-17-9-7-10-18(15-17)37-4-2;/h2*5-15,32H,3-4H2,1-2H3,(H,29,33)(H,34,35,36);/q;;+2/p-2. The smallest absolute Gasteiger partial charge is 0.871 e. The van der Waals surface area contributed by atoms with Crippen molar-refractivity contribution in [3.05, 3.63) is 166 Å². The molecule has 0 unspecified atom stereocenters. The van der Waals surface area contributed by atoms with E-state index < -0.39 is 43.5 Å². The first-order valence-corrected chi connectivity index (χ1v) is 26.8. The zero-order valence-corrected chi connectivity index (χ0v) is 46.9. The Morgan fingerprint density at radius 1 is 0.610 bits per heavy atom. The molecule has 392 valence electrons. The van der Waals surface area contributed by atoms with E-state index in [1.165, 1.54) is 30.3 Å². The largest absolute Gasteiger partial charge is 2.00 e. The molecule has 0 atom stereocenters. The number of phenols is 1. The summed E-state index contributed by atoms with van der Waals surface area (Å²) in [5.41, 5.74) is 1.08. The Morgan fingerprint density at radius 2 is 1.09 bits per heavy atom. The van der Waals surface area contributed by atoms with Crippen molar-refractivity contribution in [2.75, 3.05) is 18.5 Å². The number of anilines is 1. The molecular weight excluding hydrogens is 1100 g/mol. The van der Waals surface area contributed by atoms with Gasteiger partial charge < -0.3 is 30.1 Å². The monoisotopic (exact) mass is 1140 g/mol. The van der Waals surface area contributed by atoms with Gasteiger partial charge in [-0.05, 0) is 121 Å². The molecule has 8 rings (SSSR count). The molecule has 18 nitrogen and oxygen atoms in total. The van der Waals surface area contributed by atoms with Crippen LogP contribution in [0.25, 0.3) is 21.5 Å². The summed E-state index contributed by atoms with van der Waals surface area (Å²) in [6, 6.07) is 35.3. The number of fused-ring (bicyclic) bond motifs is 2. The minimum atomic E-state index is -4.50. The number of benzene rings is 8. The van der Waals surface area contributed by atoms with Crippen molar-refractivity contribution in [1.82, 2.24) is 0 Å². The first-order chi connectivity index (χ1) is 36.3. The molecule has 0 aliphatic carbocycles. The summed E-state index contributed by atoms with van der Waals surface area (Å²) in [5, 5.41) is 59.0. The number of ether oxygens (including phenoxy) is 2. The fourth-order valence-electron chi connectivity index (χ4n) is 7.86. The van der Waals surface area contributed by atoms with Crippen LogP contribution in [0.5, 0.6) is 23.0 Å². The summed E-state index contributed by atoms with van der Waals surface area (Å²) in [7, 11) is -8.98. The first-order valence-electron chi connectivity index (χ1n) is 23.2. The van der Waals surface area contributed by atoms with E-state index in [1.807, 2.05) is 13.8 Å². The van der Waals surface area contributed by atoms with Gasteiger partial charge in [0.25, 0.3) is 26.1 Å². The Balaban J connectivity index is 0.000000246. The van der Waals surface area contributed by atoms with E-state index in [1.54, 1.807) is 117 Å². The predicted molar refractivity (Wildman–Crippen MR) is 294 cm³/mol. The van der Waals surface area contributed by atoms with Crippen molar-refractivity contribution in [1.29, 1.82) is 0 Å². The molecule has 0 fully saturated rings. The second-order valence-corrected chi connectivity index (χ2v) is 19.8. The minimum Gasteiger partial charge on any atom is -0.871 e. The van der Waals surface area contributed by atoms with E-state index in [0.717, 1.165) is 0 Å². The molecule has 8 aromatic carbocycles. The number of halogens is 2. The summed E-state index contributed by atoms with van der Waals surface area (Å²) in [6.07, 6.45) is 0.411. The van der Waals surface area contributed by atoms with Gasteiger partial charge >= 0.3 is 37.7 Å². The Labute approximate surface area is 483 Å². The Hall–Kier alpha value is -6.72. The van der Waals surface area contributed by atoms with Crippen LogP contribution in [0.2, 0.25) is 10.0 Å². The molecule has 1 amide bonds. The number of nitrogens with zero attached hydrogens (tertiary/aromatic N) is 5. The molecule has 77 heavy (non-hydrogen) atoms. The van der Waals surface area contributed by atoms with Crippen LogP contribution in [-0.2, 0) is 33.1 Å². The molecule has 0 bridgehead atoms. The molecule has 0 aromatic heterocycles. The third kappa shape index (κ3) is 14.1. The number of nitrogens with one attached hydrogen (secondary N) is 1. The maximum absolute atomic E-state index is 13.4. The van der Waals surface area contributed by atoms with Crippen LogP contribution in [-0.4, -0.2) is 93.8 Å². The number of aliphatic imine (C=N–C) groups is 1. The number of hydrogen-bond acceptors (Lipinski definition) is 15. The number of azo groups is 2. The van der Waals surface area contributed by atoms with Crippen LogP contribution in [0.3, 0.4) is 0 Å². The Bertz CT molecular complexity index is 3860. The van der Waals surface area contributed by atoms with Crippen molar-refractivity contribution < 1.29 is 55.5 Å². The normalized spacial score (nSPS) is 11.9. The first kappa shape index (κ1) is 59.5. The summed E-state index contributed by atoms with van der Waals surface area (Å²) < 4.78 is 76.6. The van der Waals surface area contributed by atoms with Gasteiger partial charge in [-0.25, -0.2) is 0 Å². The number of hydrogen-bond donors (Lipinski definition) is 4. The second-order valence-electron chi connectivity index (χ2n) is 16.2.